The highest BCUT2D eigenvalue weighted by molar-refractivity contribution is 14.1. The number of para-hydroxylation sites is 1. The van der Waals surface area contributed by atoms with E-state index in [1.165, 1.54) is 25.7 Å². The van der Waals surface area contributed by atoms with Crippen LogP contribution in [-0.2, 0) is 4.43 Å². The molecule has 0 heterocycles. The van der Waals surface area contributed by atoms with Crippen molar-refractivity contribution in [1.29, 1.82) is 0 Å². The Morgan fingerprint density at radius 3 is 2.39 bits per heavy atom. The molecule has 0 bridgehead atoms. The second kappa shape index (κ2) is 8.93. The lowest BCUT2D eigenvalue weighted by atomic mass is 10.2. The van der Waals surface area contributed by atoms with Gasteiger partial charge in [-0.25, -0.2) is 0 Å². The van der Waals surface area contributed by atoms with E-state index in [0.29, 0.717) is 0 Å². The molecule has 102 valence electrons. The van der Waals surface area contributed by atoms with Gasteiger partial charge in [0.05, 0.1) is 0 Å². The first kappa shape index (κ1) is 16.0. The summed E-state index contributed by atoms with van der Waals surface area (Å²) >= 11 is 2.42. The monoisotopic (exact) mass is 378 g/mol. The van der Waals surface area contributed by atoms with E-state index in [0.717, 1.165) is 18.4 Å². The topological polar surface area (TPSA) is 18.5 Å². The van der Waals surface area contributed by atoms with Crippen molar-refractivity contribution in [2.24, 2.45) is 0 Å². The maximum atomic E-state index is 6.13. The lowest BCUT2D eigenvalue weighted by molar-refractivity contribution is 0.275. The average molecular weight is 378 g/mol. The average Bonchev–Trinajstić information content (AvgIpc) is 2.36. The van der Waals surface area contributed by atoms with Gasteiger partial charge < -0.3 is 8.85 Å². The Labute approximate surface area is 125 Å². The molecule has 2 nitrogen and oxygen atoms in total. The van der Waals surface area contributed by atoms with Crippen molar-refractivity contribution in [3.05, 3.63) is 30.3 Å². The lowest BCUT2D eigenvalue weighted by Crippen LogP contribution is -2.38. The molecule has 0 radical (unpaired) electrons. The quantitative estimate of drug-likeness (QED) is 0.259. The number of benzene rings is 1. The summed E-state index contributed by atoms with van der Waals surface area (Å²) in [5.41, 5.74) is 0. The predicted molar refractivity (Wildman–Crippen MR) is 87.4 cm³/mol. The molecule has 4 heteroatoms. The first-order valence-corrected chi connectivity index (χ1v) is 11.9. The van der Waals surface area contributed by atoms with E-state index in [9.17, 15) is 0 Å². The molecule has 1 atom stereocenters. The summed E-state index contributed by atoms with van der Waals surface area (Å²) in [4.78, 5) is 0. The highest BCUT2D eigenvalue weighted by Gasteiger charge is 2.35. The molecule has 0 aliphatic heterocycles. The van der Waals surface area contributed by atoms with E-state index < -0.39 is 6.06 Å². The van der Waals surface area contributed by atoms with Gasteiger partial charge >= 0.3 is 6.06 Å². The highest BCUT2D eigenvalue weighted by Crippen LogP contribution is 2.27. The fraction of sp³-hybridized carbons (Fsp3) is 0.571. The Hall–Kier alpha value is -0.0731. The Morgan fingerprint density at radius 1 is 1.06 bits per heavy atom. The van der Waals surface area contributed by atoms with E-state index >= 15 is 0 Å². The zero-order valence-electron chi connectivity index (χ0n) is 11.3. The van der Waals surface area contributed by atoms with Gasteiger partial charge in [-0.1, -0.05) is 44.4 Å². The number of unbranched alkanes of at least 4 members (excludes halogenated alkanes) is 3. The van der Waals surface area contributed by atoms with Crippen LogP contribution in [0.4, 0.5) is 0 Å². The Morgan fingerprint density at radius 2 is 1.78 bits per heavy atom. The summed E-state index contributed by atoms with van der Waals surface area (Å²) in [6.07, 6.45) is 5.05. The fourth-order valence-electron chi connectivity index (χ4n) is 1.80. The molecule has 0 saturated heterocycles. The third-order valence-corrected chi connectivity index (χ3v) is 8.13. The molecule has 0 amide bonds. The molecule has 1 aromatic carbocycles. The van der Waals surface area contributed by atoms with Crippen molar-refractivity contribution in [1.82, 2.24) is 0 Å². The van der Waals surface area contributed by atoms with Crippen LogP contribution in [0.15, 0.2) is 30.3 Å². The van der Waals surface area contributed by atoms with Crippen molar-refractivity contribution >= 4 is 27.9 Å². The molecular formula is C14H23IO2Si. The zero-order valence-corrected chi connectivity index (χ0v) is 14.5. The molecule has 1 unspecified atom stereocenters. The molecule has 0 aliphatic rings. The first-order valence-electron chi connectivity index (χ1n) is 6.77. The molecule has 0 N–H and O–H groups in total. The molecule has 0 fully saturated rings. The van der Waals surface area contributed by atoms with Crippen LogP contribution in [0, 0.1) is 0 Å². The summed E-state index contributed by atoms with van der Waals surface area (Å²) in [7, 11) is 0. The standard InChI is InChI=1S/C14H23IO2Si/c1-3-5-6-10-13-18(15,16-4-2)17-14-11-8-7-9-12-14/h7-9,11-12H,3-6,10,13H2,1-2H3. The normalized spacial score (nSPS) is 14.2. The summed E-state index contributed by atoms with van der Waals surface area (Å²) in [5.74, 6) is 0.933. The van der Waals surface area contributed by atoms with E-state index in [2.05, 4.69) is 28.7 Å². The number of hydrogen-bond donors (Lipinski definition) is 0. The number of halogens is 1. The van der Waals surface area contributed by atoms with Gasteiger partial charge in [0.1, 0.15) is 5.75 Å². The molecule has 0 spiro atoms. The third kappa shape index (κ3) is 6.20. The van der Waals surface area contributed by atoms with Crippen LogP contribution in [0.25, 0.3) is 0 Å². The summed E-state index contributed by atoms with van der Waals surface area (Å²) in [6.45, 7) is 5.01. The van der Waals surface area contributed by atoms with Crippen LogP contribution in [0.5, 0.6) is 5.75 Å². The molecule has 1 rings (SSSR count). The minimum absolute atomic E-state index is 0.732. The number of hydrogen-bond acceptors (Lipinski definition) is 2. The van der Waals surface area contributed by atoms with Gasteiger partial charge in [-0.3, -0.25) is 0 Å². The molecule has 1 aromatic rings. The van der Waals surface area contributed by atoms with Gasteiger partial charge in [-0.2, -0.15) is 0 Å². The van der Waals surface area contributed by atoms with Gasteiger partial charge in [0.2, 0.25) is 0 Å². The molecule has 0 aromatic heterocycles. The maximum Gasteiger partial charge on any atom is 0.468 e. The van der Waals surface area contributed by atoms with E-state index in [1.807, 2.05) is 37.3 Å². The zero-order chi connectivity index (χ0) is 13.3. The molecule has 0 aliphatic carbocycles. The third-order valence-electron chi connectivity index (χ3n) is 2.70. The summed E-state index contributed by atoms with van der Waals surface area (Å²) in [6, 6.07) is 9.02. The SMILES string of the molecule is CCCCCC[Si](I)(OCC)Oc1ccccc1. The molecular weight excluding hydrogens is 355 g/mol. The van der Waals surface area contributed by atoms with Crippen molar-refractivity contribution in [2.45, 2.75) is 45.6 Å². The van der Waals surface area contributed by atoms with Gasteiger partial charge in [0.15, 0.2) is 0 Å². The molecule has 0 saturated carbocycles. The largest absolute Gasteiger partial charge is 0.513 e. The highest BCUT2D eigenvalue weighted by atomic mass is 127. The van der Waals surface area contributed by atoms with Crippen LogP contribution < -0.4 is 4.43 Å². The van der Waals surface area contributed by atoms with Gasteiger partial charge in [-0.15, -0.1) is 0 Å². The minimum Gasteiger partial charge on any atom is -0.513 e. The second-order valence-electron chi connectivity index (χ2n) is 4.32. The Kier molecular flexibility index (Phi) is 7.93. The van der Waals surface area contributed by atoms with Gasteiger partial charge in [-0.05, 0) is 47.3 Å². The van der Waals surface area contributed by atoms with Gasteiger partial charge in [0, 0.05) is 12.7 Å². The van der Waals surface area contributed by atoms with E-state index in [4.69, 9.17) is 8.85 Å². The van der Waals surface area contributed by atoms with Crippen LogP contribution in [0.3, 0.4) is 0 Å². The van der Waals surface area contributed by atoms with Crippen LogP contribution in [0.1, 0.15) is 39.5 Å². The smallest absolute Gasteiger partial charge is 0.468 e. The van der Waals surface area contributed by atoms with Crippen LogP contribution >= 0.6 is 21.8 Å². The van der Waals surface area contributed by atoms with Gasteiger partial charge in [0.25, 0.3) is 0 Å². The first-order chi connectivity index (χ1) is 8.70. The van der Waals surface area contributed by atoms with Crippen molar-refractivity contribution < 1.29 is 8.85 Å². The predicted octanol–water partition coefficient (Wildman–Crippen LogP) is 5.06. The van der Waals surface area contributed by atoms with E-state index in [-0.39, 0.29) is 0 Å². The van der Waals surface area contributed by atoms with Crippen molar-refractivity contribution in [3.63, 3.8) is 0 Å². The van der Waals surface area contributed by atoms with E-state index in [1.54, 1.807) is 0 Å². The maximum absolute atomic E-state index is 6.13. The fourth-order valence-corrected chi connectivity index (χ4v) is 6.53. The van der Waals surface area contributed by atoms with Crippen LogP contribution in [-0.4, -0.2) is 12.7 Å². The Balaban J connectivity index is 2.51. The van der Waals surface area contributed by atoms with Crippen molar-refractivity contribution in [2.75, 3.05) is 6.61 Å². The lowest BCUT2D eigenvalue weighted by Gasteiger charge is -2.25. The summed E-state index contributed by atoms with van der Waals surface area (Å²) < 4.78 is 12.0. The summed E-state index contributed by atoms with van der Waals surface area (Å²) in [5, 5.41) is 0. The minimum atomic E-state index is -2.07. The second-order valence-corrected chi connectivity index (χ2v) is 11.6. The molecule has 18 heavy (non-hydrogen) atoms. The van der Waals surface area contributed by atoms with Crippen molar-refractivity contribution in [3.8, 4) is 5.75 Å². The van der Waals surface area contributed by atoms with Crippen LogP contribution in [0.2, 0.25) is 6.04 Å². The Bertz CT molecular complexity index is 321. The number of rotatable bonds is 9.